The van der Waals surface area contributed by atoms with E-state index in [1.807, 2.05) is 25.1 Å². The second-order valence-electron chi connectivity index (χ2n) is 4.57. The molecule has 120 valence electrons. The van der Waals surface area contributed by atoms with Gasteiger partial charge in [-0.15, -0.1) is 0 Å². The van der Waals surface area contributed by atoms with Crippen LogP contribution in [-0.2, 0) is 16.0 Å². The number of ether oxygens (including phenoxy) is 1. The third-order valence-electron chi connectivity index (χ3n) is 2.93. The number of benzene rings is 1. The van der Waals surface area contributed by atoms with Gasteiger partial charge >= 0.3 is 11.0 Å². The van der Waals surface area contributed by atoms with Crippen molar-refractivity contribution in [3.63, 3.8) is 0 Å². The van der Waals surface area contributed by atoms with Crippen molar-refractivity contribution in [2.24, 2.45) is 0 Å². The van der Waals surface area contributed by atoms with Gasteiger partial charge in [-0.25, -0.2) is 4.79 Å². The average molecular weight is 334 g/mol. The highest BCUT2D eigenvalue weighted by atomic mass is 32.1. The number of amides is 1. The average Bonchev–Trinajstić information content (AvgIpc) is 3.03. The Balaban J connectivity index is 1.87. The molecule has 0 spiro atoms. The smallest absolute Gasteiger partial charge is 0.349 e. The van der Waals surface area contributed by atoms with Gasteiger partial charge in [0.2, 0.25) is 0 Å². The Labute approximate surface area is 136 Å². The van der Waals surface area contributed by atoms with Crippen LogP contribution in [0.1, 0.15) is 22.2 Å². The van der Waals surface area contributed by atoms with E-state index in [0.717, 1.165) is 12.0 Å². The topological polar surface area (TPSA) is 98.5 Å². The second kappa shape index (κ2) is 7.50. The molecule has 1 aromatic carbocycles. The standard InChI is InChI=1S/C15H14N2O5S/c1-2-10-4-3-5-11(8-10)16-13(18)9-22-15(19)12-6-7-14(23-12)17(20)21/h3-8H,2,9H2,1H3,(H,16,18). The van der Waals surface area contributed by atoms with Crippen molar-refractivity contribution >= 4 is 33.9 Å². The zero-order chi connectivity index (χ0) is 16.8. The number of nitro groups is 1. The number of hydrogen-bond acceptors (Lipinski definition) is 6. The lowest BCUT2D eigenvalue weighted by atomic mass is 10.1. The summed E-state index contributed by atoms with van der Waals surface area (Å²) in [5.74, 6) is -1.24. The predicted molar refractivity (Wildman–Crippen MR) is 85.7 cm³/mol. The highest BCUT2D eigenvalue weighted by Crippen LogP contribution is 2.24. The molecule has 0 aliphatic heterocycles. The van der Waals surface area contributed by atoms with E-state index in [-0.39, 0.29) is 9.88 Å². The van der Waals surface area contributed by atoms with Gasteiger partial charge in [-0.1, -0.05) is 30.4 Å². The van der Waals surface area contributed by atoms with E-state index in [0.29, 0.717) is 17.0 Å². The number of carbonyl (C=O) groups excluding carboxylic acids is 2. The number of carbonyl (C=O) groups is 2. The summed E-state index contributed by atoms with van der Waals surface area (Å²) in [6.45, 7) is 1.55. The number of esters is 1. The number of anilines is 1. The van der Waals surface area contributed by atoms with Crippen LogP contribution in [0.4, 0.5) is 10.7 Å². The van der Waals surface area contributed by atoms with Crippen molar-refractivity contribution in [1.82, 2.24) is 0 Å². The van der Waals surface area contributed by atoms with Crippen LogP contribution in [0.5, 0.6) is 0 Å². The van der Waals surface area contributed by atoms with E-state index < -0.39 is 23.4 Å². The molecule has 0 fully saturated rings. The number of nitrogens with zero attached hydrogens (tertiary/aromatic N) is 1. The Morgan fingerprint density at radius 1 is 1.30 bits per heavy atom. The number of aryl methyl sites for hydroxylation is 1. The molecule has 0 aliphatic carbocycles. The van der Waals surface area contributed by atoms with Gasteiger partial charge in [-0.05, 0) is 30.2 Å². The molecule has 2 rings (SSSR count). The van der Waals surface area contributed by atoms with Crippen LogP contribution in [-0.4, -0.2) is 23.4 Å². The largest absolute Gasteiger partial charge is 0.451 e. The van der Waals surface area contributed by atoms with Gasteiger partial charge in [-0.3, -0.25) is 14.9 Å². The first-order chi connectivity index (χ1) is 11.0. The molecule has 1 aromatic heterocycles. The zero-order valence-electron chi connectivity index (χ0n) is 12.3. The summed E-state index contributed by atoms with van der Waals surface area (Å²) in [4.78, 5) is 33.5. The minimum absolute atomic E-state index is 0.0810. The first-order valence-electron chi connectivity index (χ1n) is 6.79. The summed E-state index contributed by atoms with van der Waals surface area (Å²) in [6.07, 6.45) is 0.843. The molecular weight excluding hydrogens is 320 g/mol. The third kappa shape index (κ3) is 4.62. The van der Waals surface area contributed by atoms with E-state index in [1.54, 1.807) is 6.07 Å². The maximum atomic E-state index is 11.8. The van der Waals surface area contributed by atoms with Crippen LogP contribution in [0.2, 0.25) is 0 Å². The van der Waals surface area contributed by atoms with Gasteiger partial charge in [0.05, 0.1) is 4.92 Å². The highest BCUT2D eigenvalue weighted by Gasteiger charge is 2.17. The Kier molecular flexibility index (Phi) is 5.42. The number of hydrogen-bond donors (Lipinski definition) is 1. The first-order valence-corrected chi connectivity index (χ1v) is 7.61. The van der Waals surface area contributed by atoms with Gasteiger partial charge in [0, 0.05) is 11.8 Å². The summed E-state index contributed by atoms with van der Waals surface area (Å²) in [5, 5.41) is 13.0. The minimum Gasteiger partial charge on any atom is -0.451 e. The van der Waals surface area contributed by atoms with Gasteiger partial charge in [0.1, 0.15) is 4.88 Å². The van der Waals surface area contributed by atoms with Crippen molar-refractivity contribution in [3.05, 3.63) is 57.0 Å². The predicted octanol–water partition coefficient (Wildman–Crippen LogP) is 3.01. The Bertz CT molecular complexity index is 741. The monoisotopic (exact) mass is 334 g/mol. The zero-order valence-corrected chi connectivity index (χ0v) is 13.1. The quantitative estimate of drug-likeness (QED) is 0.497. The van der Waals surface area contributed by atoms with Crippen molar-refractivity contribution in [3.8, 4) is 0 Å². The molecule has 2 aromatic rings. The summed E-state index contributed by atoms with van der Waals surface area (Å²) >= 11 is 0.704. The Morgan fingerprint density at radius 2 is 2.09 bits per heavy atom. The molecule has 0 unspecified atom stereocenters. The van der Waals surface area contributed by atoms with E-state index in [9.17, 15) is 19.7 Å². The van der Waals surface area contributed by atoms with E-state index in [1.165, 1.54) is 12.1 Å². The molecule has 1 heterocycles. The Morgan fingerprint density at radius 3 is 2.74 bits per heavy atom. The second-order valence-corrected chi connectivity index (χ2v) is 5.64. The summed E-state index contributed by atoms with van der Waals surface area (Å²) in [5.41, 5.74) is 1.70. The lowest BCUT2D eigenvalue weighted by molar-refractivity contribution is -0.380. The fourth-order valence-electron chi connectivity index (χ4n) is 1.80. The van der Waals surface area contributed by atoms with E-state index in [2.05, 4.69) is 5.32 Å². The highest BCUT2D eigenvalue weighted by molar-refractivity contribution is 7.17. The van der Waals surface area contributed by atoms with Crippen molar-refractivity contribution in [1.29, 1.82) is 0 Å². The minimum atomic E-state index is -0.763. The van der Waals surface area contributed by atoms with Crippen LogP contribution in [0, 0.1) is 10.1 Å². The number of nitrogens with one attached hydrogen (secondary N) is 1. The third-order valence-corrected chi connectivity index (χ3v) is 3.94. The van der Waals surface area contributed by atoms with Gasteiger partial charge in [-0.2, -0.15) is 0 Å². The molecule has 0 atom stereocenters. The van der Waals surface area contributed by atoms with Crippen molar-refractivity contribution < 1.29 is 19.2 Å². The molecular formula is C15H14N2O5S. The van der Waals surface area contributed by atoms with Crippen molar-refractivity contribution in [2.75, 3.05) is 11.9 Å². The molecule has 7 nitrogen and oxygen atoms in total. The van der Waals surface area contributed by atoms with Crippen LogP contribution in [0.25, 0.3) is 0 Å². The lowest BCUT2D eigenvalue weighted by Gasteiger charge is -2.07. The van der Waals surface area contributed by atoms with Crippen LogP contribution in [0.3, 0.4) is 0 Å². The maximum Gasteiger partial charge on any atom is 0.349 e. The van der Waals surface area contributed by atoms with Gasteiger partial charge < -0.3 is 10.1 Å². The van der Waals surface area contributed by atoms with E-state index >= 15 is 0 Å². The van der Waals surface area contributed by atoms with Crippen LogP contribution >= 0.6 is 11.3 Å². The molecule has 0 aliphatic rings. The summed E-state index contributed by atoms with van der Waals surface area (Å²) < 4.78 is 4.85. The van der Waals surface area contributed by atoms with Crippen LogP contribution in [0.15, 0.2) is 36.4 Å². The van der Waals surface area contributed by atoms with Gasteiger partial charge in [0.25, 0.3) is 5.91 Å². The molecule has 1 N–H and O–H groups in total. The number of thiophene rings is 1. The van der Waals surface area contributed by atoms with Crippen molar-refractivity contribution in [2.45, 2.75) is 13.3 Å². The molecule has 0 saturated carbocycles. The van der Waals surface area contributed by atoms with Gasteiger partial charge in [0.15, 0.2) is 6.61 Å². The molecule has 1 amide bonds. The first kappa shape index (κ1) is 16.6. The summed E-state index contributed by atoms with van der Waals surface area (Å²) in [6, 6.07) is 9.86. The van der Waals surface area contributed by atoms with E-state index in [4.69, 9.17) is 4.74 Å². The fourth-order valence-corrected chi connectivity index (χ4v) is 2.52. The molecule has 0 bridgehead atoms. The fraction of sp³-hybridized carbons (Fsp3) is 0.200. The lowest BCUT2D eigenvalue weighted by Crippen LogP contribution is -2.20. The maximum absolute atomic E-state index is 11.8. The summed E-state index contributed by atoms with van der Waals surface area (Å²) in [7, 11) is 0. The van der Waals surface area contributed by atoms with Crippen LogP contribution < -0.4 is 5.32 Å². The Hall–Kier alpha value is -2.74. The number of rotatable bonds is 6. The molecule has 0 radical (unpaired) electrons. The SMILES string of the molecule is CCc1cccc(NC(=O)COC(=O)c2ccc([N+](=O)[O-])s2)c1. The molecule has 0 saturated heterocycles. The molecule has 8 heteroatoms. The molecule has 23 heavy (non-hydrogen) atoms. The normalized spacial score (nSPS) is 10.1.